The van der Waals surface area contributed by atoms with Gasteiger partial charge in [0.25, 0.3) is 0 Å². The maximum atomic E-state index is 2.27. The van der Waals surface area contributed by atoms with Crippen LogP contribution in [0.2, 0.25) is 0 Å². The fourth-order valence-corrected chi connectivity index (χ4v) is 7.62. The smallest absolute Gasteiger partial charge is 0.0618 e. The van der Waals surface area contributed by atoms with Crippen molar-refractivity contribution in [1.29, 1.82) is 0 Å². The molecule has 25 heavy (non-hydrogen) atoms. The van der Waals surface area contributed by atoms with E-state index < -0.39 is 8.80 Å². The third-order valence-corrected chi connectivity index (χ3v) is 9.06. The van der Waals surface area contributed by atoms with Gasteiger partial charge in [0.15, 0.2) is 8.80 Å². The van der Waals surface area contributed by atoms with Crippen molar-refractivity contribution in [2.24, 2.45) is 0 Å². The van der Waals surface area contributed by atoms with E-state index in [9.17, 15) is 0 Å². The Kier molecular flexibility index (Phi) is 4.96. The van der Waals surface area contributed by atoms with Gasteiger partial charge >= 0.3 is 0 Å². The van der Waals surface area contributed by atoms with Gasteiger partial charge in [0.2, 0.25) is 0 Å². The second-order valence-electron chi connectivity index (χ2n) is 7.18. The van der Waals surface area contributed by atoms with E-state index in [2.05, 4.69) is 96.1 Å². The Bertz CT molecular complexity index is 738. The van der Waals surface area contributed by atoms with Gasteiger partial charge in [-0.2, -0.15) is 0 Å². The summed E-state index contributed by atoms with van der Waals surface area (Å²) in [5, 5.41) is 4.67. The Labute approximate surface area is 154 Å². The first-order valence-electron chi connectivity index (χ1n) is 8.98. The first kappa shape index (κ1) is 17.7. The summed E-state index contributed by atoms with van der Waals surface area (Å²) in [4.78, 5) is 0. The Morgan fingerprint density at radius 3 is 0.800 bits per heavy atom. The second kappa shape index (κ2) is 7.01. The maximum Gasteiger partial charge on any atom is 0.156 e. The molecule has 0 fully saturated rings. The largest absolute Gasteiger partial charge is 0.156 e. The summed E-state index contributed by atoms with van der Waals surface area (Å²) in [6.45, 7) is 13.6. The van der Waals surface area contributed by atoms with Crippen LogP contribution in [0.3, 0.4) is 0 Å². The van der Waals surface area contributed by atoms with Crippen molar-refractivity contribution in [3.63, 3.8) is 0 Å². The first-order chi connectivity index (χ1) is 11.9. The van der Waals surface area contributed by atoms with Crippen LogP contribution < -0.4 is 15.6 Å². The van der Waals surface area contributed by atoms with Crippen LogP contribution in [0.4, 0.5) is 0 Å². The van der Waals surface area contributed by atoms with Gasteiger partial charge in [0, 0.05) is 0 Å². The molecule has 0 amide bonds. The van der Waals surface area contributed by atoms with Gasteiger partial charge in [-0.3, -0.25) is 0 Å². The molecule has 0 saturated heterocycles. The van der Waals surface area contributed by atoms with Gasteiger partial charge in [-0.25, -0.2) is 0 Å². The minimum atomic E-state index is -1.06. The molecular weight excluding hydrogens is 316 g/mol. The third-order valence-electron chi connectivity index (χ3n) is 5.19. The summed E-state index contributed by atoms with van der Waals surface area (Å²) >= 11 is 0. The van der Waals surface area contributed by atoms with Crippen molar-refractivity contribution >= 4 is 24.4 Å². The summed E-state index contributed by atoms with van der Waals surface area (Å²) in [5.41, 5.74) is 8.50. The molecule has 0 spiro atoms. The van der Waals surface area contributed by atoms with Crippen molar-refractivity contribution in [2.45, 2.75) is 41.5 Å². The lowest BCUT2D eigenvalue weighted by atomic mass is 10.1. The summed E-state index contributed by atoms with van der Waals surface area (Å²) in [5.74, 6) is 0. The molecule has 0 aromatic heterocycles. The van der Waals surface area contributed by atoms with Crippen molar-refractivity contribution < 1.29 is 0 Å². The molecule has 0 aliphatic carbocycles. The molecule has 0 N–H and O–H groups in total. The van der Waals surface area contributed by atoms with Gasteiger partial charge in [-0.1, -0.05) is 88.0 Å². The van der Waals surface area contributed by atoms with E-state index in [0.717, 1.165) is 0 Å². The predicted octanol–water partition coefficient (Wildman–Crippen LogP) is 4.05. The van der Waals surface area contributed by atoms with E-state index in [4.69, 9.17) is 0 Å². The van der Waals surface area contributed by atoms with Crippen LogP contribution in [-0.4, -0.2) is 8.80 Å². The molecule has 0 aliphatic heterocycles. The number of rotatable bonds is 3. The lowest BCUT2D eigenvalue weighted by molar-refractivity contribution is 1.39. The molecule has 0 heterocycles. The van der Waals surface area contributed by atoms with Crippen LogP contribution in [0.1, 0.15) is 33.4 Å². The minimum absolute atomic E-state index is 1.06. The van der Waals surface area contributed by atoms with Crippen molar-refractivity contribution in [3.05, 3.63) is 88.0 Å². The lowest BCUT2D eigenvalue weighted by Crippen LogP contribution is -2.57. The molecule has 127 valence electrons. The van der Waals surface area contributed by atoms with Gasteiger partial charge in [0.05, 0.1) is 0 Å². The number of hydrogen-bond acceptors (Lipinski definition) is 0. The molecule has 3 aromatic carbocycles. The Morgan fingerprint density at radius 1 is 0.400 bits per heavy atom. The summed E-state index contributed by atoms with van der Waals surface area (Å²) in [7, 11) is -1.06. The fourth-order valence-electron chi connectivity index (χ4n) is 4.00. The first-order valence-corrected chi connectivity index (χ1v) is 10.5. The maximum absolute atomic E-state index is 2.27. The molecule has 3 rings (SSSR count). The SMILES string of the molecule is Cc1cccc(C)c1[Si](c1c(C)cccc1C)c1c(C)cccc1C. The van der Waals surface area contributed by atoms with Gasteiger partial charge in [0.1, 0.15) is 0 Å². The van der Waals surface area contributed by atoms with Gasteiger partial charge < -0.3 is 0 Å². The highest BCUT2D eigenvalue weighted by Gasteiger charge is 2.28. The highest BCUT2D eigenvalue weighted by atomic mass is 28.3. The van der Waals surface area contributed by atoms with Crippen molar-refractivity contribution in [3.8, 4) is 0 Å². The van der Waals surface area contributed by atoms with E-state index in [-0.39, 0.29) is 0 Å². The predicted molar refractivity (Wildman–Crippen MR) is 112 cm³/mol. The van der Waals surface area contributed by atoms with Crippen molar-refractivity contribution in [1.82, 2.24) is 0 Å². The fraction of sp³-hybridized carbons (Fsp3) is 0.250. The summed E-state index contributed by atoms with van der Waals surface area (Å²) in [6.07, 6.45) is 0. The average molecular weight is 344 g/mol. The number of aryl methyl sites for hydroxylation is 6. The molecule has 0 nitrogen and oxygen atoms in total. The third kappa shape index (κ3) is 3.21. The normalized spacial score (nSPS) is 11.2. The lowest BCUT2D eigenvalue weighted by Gasteiger charge is -2.27. The van der Waals surface area contributed by atoms with E-state index in [1.165, 1.54) is 33.4 Å². The quantitative estimate of drug-likeness (QED) is 0.497. The van der Waals surface area contributed by atoms with Gasteiger partial charge in [-0.15, -0.1) is 0 Å². The minimum Gasteiger partial charge on any atom is -0.0618 e. The monoisotopic (exact) mass is 343 g/mol. The molecule has 0 aliphatic rings. The second-order valence-corrected chi connectivity index (χ2v) is 9.43. The Hall–Kier alpha value is -2.12. The zero-order chi connectivity index (χ0) is 18.1. The molecule has 0 atom stereocenters. The van der Waals surface area contributed by atoms with Gasteiger partial charge in [-0.05, 0) is 57.1 Å². The molecule has 1 radical (unpaired) electrons. The topological polar surface area (TPSA) is 0 Å². The van der Waals surface area contributed by atoms with Crippen LogP contribution >= 0.6 is 0 Å². The van der Waals surface area contributed by atoms with E-state index >= 15 is 0 Å². The van der Waals surface area contributed by atoms with E-state index in [1.807, 2.05) is 0 Å². The Morgan fingerprint density at radius 2 is 0.600 bits per heavy atom. The molecular formula is C24H27Si. The standard InChI is InChI=1S/C24H27Si/c1-16-10-7-11-17(2)22(16)25(23-18(3)12-8-13-19(23)4)24-20(5)14-9-15-21(24)6/h7-15H,1-6H3. The molecule has 3 aromatic rings. The van der Waals surface area contributed by atoms with Crippen LogP contribution in [0.15, 0.2) is 54.6 Å². The highest BCUT2D eigenvalue weighted by Crippen LogP contribution is 2.12. The van der Waals surface area contributed by atoms with E-state index in [0.29, 0.717) is 0 Å². The summed E-state index contributed by atoms with van der Waals surface area (Å²) in [6, 6.07) is 20.2. The summed E-state index contributed by atoms with van der Waals surface area (Å²) < 4.78 is 0. The molecule has 1 heteroatoms. The zero-order valence-electron chi connectivity index (χ0n) is 16.2. The Balaban J connectivity index is 2.42. The van der Waals surface area contributed by atoms with Crippen LogP contribution in [-0.2, 0) is 0 Å². The molecule has 0 saturated carbocycles. The van der Waals surface area contributed by atoms with Crippen LogP contribution in [0.25, 0.3) is 0 Å². The number of hydrogen-bond donors (Lipinski definition) is 0. The molecule has 0 unspecified atom stereocenters. The zero-order valence-corrected chi connectivity index (χ0v) is 17.2. The average Bonchev–Trinajstić information content (AvgIpc) is 2.53. The van der Waals surface area contributed by atoms with Crippen LogP contribution in [0, 0.1) is 41.5 Å². The van der Waals surface area contributed by atoms with Crippen molar-refractivity contribution in [2.75, 3.05) is 0 Å². The van der Waals surface area contributed by atoms with E-state index in [1.54, 1.807) is 15.6 Å². The highest BCUT2D eigenvalue weighted by molar-refractivity contribution is 6.97. The van der Waals surface area contributed by atoms with Crippen LogP contribution in [0.5, 0.6) is 0 Å². The number of benzene rings is 3. The molecule has 0 bridgehead atoms.